The standard InChI is InChI=1S/C123H82N10/c1-77-53-55-80(56-54-77)89-57-63-101-114(76-89)133(112-68-62-91(96-47-26-49-99-98-45-22-23-51-107(98)130(116(96)99)93-41-18-8-19-42-93)75-106(112)123-128-120(83-35-14-6-15-36-83)125-121(129-123)84-37-16-7-17-38-84)113-52-28-46-95(115(101)113)90-60-66-108-102(73-90)100-50-27-48-97(117(100)131(108)94-43-20-9-21-44-94)92-61-67-111(105(74-92)122-126-118(81-31-10-4-11-32-81)124-119(127-122)82-33-12-5-13-34-82)132-109-64-58-87(85-39-24-29-78(2)69-85)71-103(109)104-72-88(59-65-110(104)132)86-40-25-30-79(3)70-86/h4-76H,1-3H3. The van der Waals surface area contributed by atoms with Crippen molar-refractivity contribution in [2.24, 2.45) is 0 Å². The predicted octanol–water partition coefficient (Wildman–Crippen LogP) is 31.4. The molecule has 0 atom stereocenters. The van der Waals surface area contributed by atoms with Gasteiger partial charge in [-0.25, -0.2) is 29.9 Å². The van der Waals surface area contributed by atoms with E-state index in [2.05, 4.69) is 409 Å². The molecule has 0 aliphatic carbocycles. The Balaban J connectivity index is 0.720. The maximum atomic E-state index is 5.62. The predicted molar refractivity (Wildman–Crippen MR) is 550 cm³/mol. The Kier molecular flexibility index (Phi) is 18.7. The van der Waals surface area contributed by atoms with E-state index in [-0.39, 0.29) is 0 Å². The summed E-state index contributed by atoms with van der Waals surface area (Å²) in [5.74, 6) is 3.38. The first-order valence-electron chi connectivity index (χ1n) is 45.3. The van der Waals surface area contributed by atoms with Crippen LogP contribution < -0.4 is 0 Å². The molecule has 624 valence electrons. The number of benzene rings is 19. The van der Waals surface area contributed by atoms with E-state index in [4.69, 9.17) is 29.9 Å². The highest BCUT2D eigenvalue weighted by atomic mass is 15.1. The van der Waals surface area contributed by atoms with Crippen LogP contribution in [0.5, 0.6) is 0 Å². The summed E-state index contributed by atoms with van der Waals surface area (Å²) in [5, 5.41) is 9.01. The second-order valence-corrected chi connectivity index (χ2v) is 34.7. The Morgan fingerprint density at radius 1 is 0.158 bits per heavy atom. The van der Waals surface area contributed by atoms with Gasteiger partial charge >= 0.3 is 0 Å². The van der Waals surface area contributed by atoms with Crippen LogP contribution in [0.15, 0.2) is 443 Å². The van der Waals surface area contributed by atoms with Gasteiger partial charge in [0, 0.05) is 99.0 Å². The molecule has 0 saturated heterocycles. The van der Waals surface area contributed by atoms with Crippen molar-refractivity contribution in [1.82, 2.24) is 48.2 Å². The maximum absolute atomic E-state index is 5.62. The van der Waals surface area contributed by atoms with Crippen molar-refractivity contribution in [3.63, 3.8) is 0 Å². The van der Waals surface area contributed by atoms with Crippen molar-refractivity contribution in [3.05, 3.63) is 460 Å². The highest BCUT2D eigenvalue weighted by Gasteiger charge is 2.29. The van der Waals surface area contributed by atoms with Crippen molar-refractivity contribution in [1.29, 1.82) is 0 Å². The zero-order chi connectivity index (χ0) is 88.3. The lowest BCUT2D eigenvalue weighted by Crippen LogP contribution is -2.04. The Morgan fingerprint density at radius 3 is 0.970 bits per heavy atom. The number of aryl methyl sites for hydroxylation is 3. The van der Waals surface area contributed by atoms with Crippen molar-refractivity contribution in [2.45, 2.75) is 20.8 Å². The Morgan fingerprint density at radius 2 is 0.481 bits per heavy atom. The lowest BCUT2D eigenvalue weighted by molar-refractivity contribution is 1.06. The van der Waals surface area contributed by atoms with Gasteiger partial charge in [0.05, 0.1) is 55.5 Å². The fourth-order valence-corrected chi connectivity index (χ4v) is 20.2. The van der Waals surface area contributed by atoms with Crippen LogP contribution in [0.4, 0.5) is 0 Å². The summed E-state index contributed by atoms with van der Waals surface area (Å²) in [7, 11) is 0. The Bertz CT molecular complexity index is 8730. The summed E-state index contributed by atoms with van der Waals surface area (Å²) < 4.78 is 9.79. The molecule has 6 heterocycles. The lowest BCUT2D eigenvalue weighted by atomic mass is 9.96. The molecule has 0 N–H and O–H groups in total. The maximum Gasteiger partial charge on any atom is 0.166 e. The van der Waals surface area contributed by atoms with Gasteiger partial charge in [0.25, 0.3) is 0 Å². The van der Waals surface area contributed by atoms with Crippen LogP contribution in [-0.2, 0) is 0 Å². The van der Waals surface area contributed by atoms with Crippen molar-refractivity contribution >= 4 is 87.2 Å². The van der Waals surface area contributed by atoms with E-state index in [0.29, 0.717) is 34.9 Å². The Hall–Kier alpha value is -17.6. The summed E-state index contributed by atoms with van der Waals surface area (Å²) in [6.45, 7) is 6.48. The first kappa shape index (κ1) is 77.7. The van der Waals surface area contributed by atoms with Gasteiger partial charge < -0.3 is 18.3 Å². The fraction of sp³-hybridized carbons (Fsp3) is 0.0244. The third kappa shape index (κ3) is 13.5. The summed E-state index contributed by atoms with van der Waals surface area (Å²) in [6, 6.07) is 160. The minimum Gasteiger partial charge on any atom is -0.309 e. The topological polar surface area (TPSA) is 97.1 Å². The molecule has 25 rings (SSSR count). The second kappa shape index (κ2) is 32.0. The summed E-state index contributed by atoms with van der Waals surface area (Å²) in [4.78, 5) is 33.1. The summed E-state index contributed by atoms with van der Waals surface area (Å²) >= 11 is 0. The number of hydrogen-bond acceptors (Lipinski definition) is 6. The molecule has 25 aromatic rings. The largest absolute Gasteiger partial charge is 0.309 e. The van der Waals surface area contributed by atoms with Crippen LogP contribution in [0.2, 0.25) is 0 Å². The van der Waals surface area contributed by atoms with Crippen LogP contribution in [0, 0.1) is 20.8 Å². The molecule has 19 aromatic carbocycles. The normalized spacial score (nSPS) is 11.7. The third-order valence-electron chi connectivity index (χ3n) is 26.4. The van der Waals surface area contributed by atoms with Crippen LogP contribution in [0.1, 0.15) is 16.7 Å². The molecule has 0 saturated carbocycles. The molecular formula is C123H82N10. The molecule has 0 unspecified atom stereocenters. The number of hydrogen-bond donors (Lipinski definition) is 0. The van der Waals surface area contributed by atoms with Crippen LogP contribution in [-0.4, -0.2) is 48.2 Å². The highest BCUT2D eigenvalue weighted by molar-refractivity contribution is 6.21. The fourth-order valence-electron chi connectivity index (χ4n) is 20.2. The molecule has 0 fully saturated rings. The monoisotopic (exact) mass is 1700 g/mol. The number of para-hydroxylation sites is 5. The quantitative estimate of drug-likeness (QED) is 0.0956. The molecule has 0 aliphatic rings. The van der Waals surface area contributed by atoms with Gasteiger partial charge in [0.15, 0.2) is 34.9 Å². The molecule has 6 aromatic heterocycles. The van der Waals surface area contributed by atoms with Gasteiger partial charge in [0.2, 0.25) is 0 Å². The molecule has 0 aliphatic heterocycles. The van der Waals surface area contributed by atoms with E-state index in [9.17, 15) is 0 Å². The van der Waals surface area contributed by atoms with E-state index in [1.54, 1.807) is 0 Å². The van der Waals surface area contributed by atoms with Gasteiger partial charge in [0.1, 0.15) is 0 Å². The van der Waals surface area contributed by atoms with Crippen LogP contribution in [0.25, 0.3) is 245 Å². The number of fused-ring (bicyclic) bond motifs is 12. The van der Waals surface area contributed by atoms with E-state index >= 15 is 0 Å². The Labute approximate surface area is 768 Å². The third-order valence-corrected chi connectivity index (χ3v) is 26.4. The molecule has 10 nitrogen and oxygen atoms in total. The number of rotatable bonds is 16. The van der Waals surface area contributed by atoms with E-state index in [0.717, 1.165) is 194 Å². The lowest BCUT2D eigenvalue weighted by Gasteiger charge is -2.18. The molecule has 133 heavy (non-hydrogen) atoms. The van der Waals surface area contributed by atoms with Gasteiger partial charge in [-0.15, -0.1) is 0 Å². The first-order valence-corrected chi connectivity index (χ1v) is 45.3. The van der Waals surface area contributed by atoms with Crippen LogP contribution in [0.3, 0.4) is 0 Å². The summed E-state index contributed by atoms with van der Waals surface area (Å²) in [5.41, 5.74) is 34.4. The van der Waals surface area contributed by atoms with E-state index < -0.39 is 0 Å². The van der Waals surface area contributed by atoms with Crippen molar-refractivity contribution in [3.8, 4) is 158 Å². The number of nitrogens with zero attached hydrogens (tertiary/aromatic N) is 10. The minimum atomic E-state index is 0.539. The molecule has 0 spiro atoms. The minimum absolute atomic E-state index is 0.539. The number of aromatic nitrogens is 10. The smallest absolute Gasteiger partial charge is 0.166 e. The van der Waals surface area contributed by atoms with Gasteiger partial charge in [-0.1, -0.05) is 356 Å². The van der Waals surface area contributed by atoms with E-state index in [1.165, 1.54) is 33.2 Å². The average molecular weight is 1700 g/mol. The van der Waals surface area contributed by atoms with Gasteiger partial charge in [-0.3, -0.25) is 0 Å². The van der Waals surface area contributed by atoms with Crippen molar-refractivity contribution in [2.75, 3.05) is 0 Å². The summed E-state index contributed by atoms with van der Waals surface area (Å²) in [6.07, 6.45) is 0. The van der Waals surface area contributed by atoms with Gasteiger partial charge in [-0.05, 0) is 180 Å². The van der Waals surface area contributed by atoms with Crippen LogP contribution >= 0.6 is 0 Å². The highest BCUT2D eigenvalue weighted by Crippen LogP contribution is 2.50. The molecule has 0 amide bonds. The molecule has 0 radical (unpaired) electrons. The van der Waals surface area contributed by atoms with E-state index in [1.807, 2.05) is 72.8 Å². The molecule has 0 bridgehead atoms. The first-order chi connectivity index (χ1) is 65.7. The molecular weight excluding hydrogens is 1620 g/mol. The second-order valence-electron chi connectivity index (χ2n) is 34.7. The zero-order valence-electron chi connectivity index (χ0n) is 73.1. The van der Waals surface area contributed by atoms with Gasteiger partial charge in [-0.2, -0.15) is 0 Å². The zero-order valence-corrected chi connectivity index (χ0v) is 73.1. The van der Waals surface area contributed by atoms with Crippen molar-refractivity contribution < 1.29 is 0 Å². The SMILES string of the molecule is Cc1ccc(-c2ccc3c4c(-c5ccc6c(c5)c5cccc(-c7ccc(-n8c9ccc(-c%10cccc(C)c%10)cc9c9cc(-c%10cccc(C)c%10)ccc98)c(-c8nc(-c9ccccc9)nc(-c9ccccc9)n8)c7)c5n6-c5ccccc5)cccc4n(-c4ccc(-c5cccc6c7ccccc7n(-c7ccccc7)c56)cc4-c4nc(-c5ccccc5)nc(-c5ccccc5)n4)c3c2)cc1. The average Bonchev–Trinajstić information content (AvgIpc) is 1.46. The molecule has 10 heteroatoms.